The summed E-state index contributed by atoms with van der Waals surface area (Å²) in [6, 6.07) is 10.6. The van der Waals surface area contributed by atoms with Crippen molar-refractivity contribution < 1.29 is 19.1 Å². The molecule has 2 aromatic rings. The van der Waals surface area contributed by atoms with Gasteiger partial charge in [-0.3, -0.25) is 9.59 Å². The molecule has 0 unspecified atom stereocenters. The number of anilines is 2. The van der Waals surface area contributed by atoms with Crippen LogP contribution < -0.4 is 19.7 Å². The summed E-state index contributed by atoms with van der Waals surface area (Å²) in [4.78, 5) is 25.7. The molecule has 0 fully saturated rings. The van der Waals surface area contributed by atoms with Gasteiger partial charge in [-0.15, -0.1) is 0 Å². The molecule has 0 aromatic heterocycles. The van der Waals surface area contributed by atoms with Gasteiger partial charge in [0.15, 0.2) is 11.5 Å². The normalized spacial score (nSPS) is 12.0. The van der Waals surface area contributed by atoms with Gasteiger partial charge in [-0.2, -0.15) is 0 Å². The first kappa shape index (κ1) is 18.1. The molecule has 7 heteroatoms. The summed E-state index contributed by atoms with van der Waals surface area (Å²) in [7, 11) is 0. The highest BCUT2D eigenvalue weighted by Gasteiger charge is 2.16. The van der Waals surface area contributed by atoms with Gasteiger partial charge in [0, 0.05) is 42.4 Å². The zero-order valence-corrected chi connectivity index (χ0v) is 15.3. The fraction of sp³-hybridized carbons (Fsp3) is 0.263. The second-order valence-electron chi connectivity index (χ2n) is 5.97. The summed E-state index contributed by atoms with van der Waals surface area (Å²) >= 11 is 6.14. The van der Waals surface area contributed by atoms with Crippen molar-refractivity contribution in [2.24, 2.45) is 0 Å². The first-order valence-electron chi connectivity index (χ1n) is 8.18. The average molecular weight is 375 g/mol. The number of fused-ring (bicyclic) bond motifs is 1. The van der Waals surface area contributed by atoms with Gasteiger partial charge in [-0.25, -0.2) is 0 Å². The number of nitrogens with one attached hydrogen (secondary N) is 1. The van der Waals surface area contributed by atoms with Gasteiger partial charge < -0.3 is 19.7 Å². The predicted molar refractivity (Wildman–Crippen MR) is 100 cm³/mol. The van der Waals surface area contributed by atoms with Crippen molar-refractivity contribution in [3.8, 4) is 11.5 Å². The maximum Gasteiger partial charge on any atom is 0.231 e. The second-order valence-corrected chi connectivity index (χ2v) is 6.38. The number of rotatable bonds is 5. The molecule has 0 aliphatic carbocycles. The molecular weight excluding hydrogens is 356 g/mol. The lowest BCUT2D eigenvalue weighted by Crippen LogP contribution is -2.32. The molecule has 0 bridgehead atoms. The molecule has 1 aliphatic rings. The fourth-order valence-electron chi connectivity index (χ4n) is 2.63. The van der Waals surface area contributed by atoms with Gasteiger partial charge >= 0.3 is 0 Å². The molecule has 0 saturated carbocycles. The monoisotopic (exact) mass is 374 g/mol. The van der Waals surface area contributed by atoms with E-state index in [1.54, 1.807) is 24.3 Å². The molecule has 0 saturated heterocycles. The Hall–Kier alpha value is -2.73. The highest BCUT2D eigenvalue weighted by atomic mass is 35.5. The summed E-state index contributed by atoms with van der Waals surface area (Å²) in [5, 5.41) is 3.38. The van der Waals surface area contributed by atoms with Crippen LogP contribution in [0.3, 0.4) is 0 Å². The summed E-state index contributed by atoms with van der Waals surface area (Å²) in [6.45, 7) is 3.79. The Bertz CT molecular complexity index is 853. The minimum atomic E-state index is -0.201. The van der Waals surface area contributed by atoms with Crippen LogP contribution in [-0.2, 0) is 9.59 Å². The highest BCUT2D eigenvalue weighted by molar-refractivity contribution is 6.31. The number of carbonyl (C=O) groups excluding carboxylic acids is 2. The van der Waals surface area contributed by atoms with Crippen molar-refractivity contribution in [1.29, 1.82) is 0 Å². The number of carbonyl (C=O) groups is 2. The van der Waals surface area contributed by atoms with Crippen LogP contribution in [0.2, 0.25) is 5.02 Å². The third-order valence-electron chi connectivity index (χ3n) is 4.07. The molecule has 0 atom stereocenters. The van der Waals surface area contributed by atoms with E-state index in [0.717, 1.165) is 5.56 Å². The number of halogens is 1. The summed E-state index contributed by atoms with van der Waals surface area (Å²) < 4.78 is 10.5. The lowest BCUT2D eigenvalue weighted by molar-refractivity contribution is -0.117. The number of ether oxygens (including phenoxy) is 2. The molecule has 1 heterocycles. The zero-order chi connectivity index (χ0) is 18.7. The lowest BCUT2D eigenvalue weighted by Gasteiger charge is -2.21. The highest BCUT2D eigenvalue weighted by Crippen LogP contribution is 2.34. The Kier molecular flexibility index (Phi) is 5.32. The third-order valence-corrected chi connectivity index (χ3v) is 4.47. The number of hydrogen-bond donors (Lipinski definition) is 1. The molecular formula is C19H19ClN2O4. The first-order valence-corrected chi connectivity index (χ1v) is 8.55. The quantitative estimate of drug-likeness (QED) is 0.865. The average Bonchev–Trinajstić information content (AvgIpc) is 3.05. The molecule has 0 spiro atoms. The Morgan fingerprint density at radius 1 is 1.15 bits per heavy atom. The largest absolute Gasteiger partial charge is 0.454 e. The Morgan fingerprint density at radius 3 is 2.65 bits per heavy atom. The van der Waals surface area contributed by atoms with Crippen LogP contribution in [0.15, 0.2) is 36.4 Å². The Balaban J connectivity index is 1.62. The minimum Gasteiger partial charge on any atom is -0.454 e. The summed E-state index contributed by atoms with van der Waals surface area (Å²) in [5.41, 5.74) is 2.22. The molecule has 2 amide bonds. The fourth-order valence-corrected chi connectivity index (χ4v) is 2.80. The van der Waals surface area contributed by atoms with E-state index in [9.17, 15) is 9.59 Å². The maximum atomic E-state index is 12.2. The van der Waals surface area contributed by atoms with Crippen LogP contribution in [0.25, 0.3) is 0 Å². The summed E-state index contributed by atoms with van der Waals surface area (Å²) in [5.74, 6) is 0.901. The van der Waals surface area contributed by atoms with E-state index in [1.165, 1.54) is 11.8 Å². The van der Waals surface area contributed by atoms with Gasteiger partial charge in [-0.05, 0) is 36.8 Å². The van der Waals surface area contributed by atoms with Crippen molar-refractivity contribution in [1.82, 2.24) is 0 Å². The predicted octanol–water partition coefficient (Wildman–Crippen LogP) is 3.76. The van der Waals surface area contributed by atoms with Crippen LogP contribution in [0.4, 0.5) is 11.4 Å². The van der Waals surface area contributed by atoms with Gasteiger partial charge in [0.2, 0.25) is 18.6 Å². The lowest BCUT2D eigenvalue weighted by atomic mass is 10.2. The number of hydrogen-bond acceptors (Lipinski definition) is 4. The van der Waals surface area contributed by atoms with E-state index in [0.29, 0.717) is 27.9 Å². The van der Waals surface area contributed by atoms with Gasteiger partial charge in [0.25, 0.3) is 0 Å². The van der Waals surface area contributed by atoms with E-state index in [2.05, 4.69) is 5.32 Å². The molecule has 6 nitrogen and oxygen atoms in total. The van der Waals surface area contributed by atoms with Crippen LogP contribution in [0, 0.1) is 6.92 Å². The van der Waals surface area contributed by atoms with Crippen LogP contribution in [-0.4, -0.2) is 25.2 Å². The molecule has 1 N–H and O–H groups in total. The minimum absolute atomic E-state index is 0.152. The molecule has 2 aromatic carbocycles. The zero-order valence-electron chi connectivity index (χ0n) is 14.5. The number of benzene rings is 2. The van der Waals surface area contributed by atoms with E-state index in [4.69, 9.17) is 21.1 Å². The molecule has 1 aliphatic heterocycles. The molecule has 136 valence electrons. The first-order chi connectivity index (χ1) is 12.4. The third kappa shape index (κ3) is 4.08. The van der Waals surface area contributed by atoms with Crippen molar-refractivity contribution >= 4 is 34.8 Å². The van der Waals surface area contributed by atoms with E-state index in [-0.39, 0.29) is 31.6 Å². The number of nitrogens with zero attached hydrogens (tertiary/aromatic N) is 1. The standard InChI is InChI=1S/C19H19ClN2O4/c1-12-3-5-15(10-16(12)20)22(13(2)23)8-7-19(24)21-14-4-6-17-18(9-14)26-11-25-17/h3-6,9-10H,7-8,11H2,1-2H3,(H,21,24). The molecule has 3 rings (SSSR count). The van der Waals surface area contributed by atoms with Crippen LogP contribution in [0.5, 0.6) is 11.5 Å². The van der Waals surface area contributed by atoms with Crippen molar-refractivity contribution in [3.05, 3.63) is 47.0 Å². The van der Waals surface area contributed by atoms with Crippen molar-refractivity contribution in [2.75, 3.05) is 23.6 Å². The van der Waals surface area contributed by atoms with E-state index in [1.807, 2.05) is 19.1 Å². The maximum absolute atomic E-state index is 12.2. The number of amides is 2. The van der Waals surface area contributed by atoms with Gasteiger partial charge in [0.1, 0.15) is 0 Å². The van der Waals surface area contributed by atoms with Crippen molar-refractivity contribution in [2.45, 2.75) is 20.3 Å². The molecule has 26 heavy (non-hydrogen) atoms. The van der Waals surface area contributed by atoms with Crippen molar-refractivity contribution in [3.63, 3.8) is 0 Å². The van der Waals surface area contributed by atoms with Gasteiger partial charge in [-0.1, -0.05) is 17.7 Å². The smallest absolute Gasteiger partial charge is 0.231 e. The molecule has 0 radical (unpaired) electrons. The van der Waals surface area contributed by atoms with E-state index < -0.39 is 0 Å². The SMILES string of the molecule is CC(=O)N(CCC(=O)Nc1ccc2c(c1)OCO2)c1ccc(C)c(Cl)c1. The Morgan fingerprint density at radius 2 is 1.92 bits per heavy atom. The van der Waals surface area contributed by atoms with E-state index >= 15 is 0 Å². The second kappa shape index (κ2) is 7.66. The van der Waals surface area contributed by atoms with Gasteiger partial charge in [0.05, 0.1) is 0 Å². The number of aryl methyl sites for hydroxylation is 1. The van der Waals surface area contributed by atoms with Crippen LogP contribution in [0.1, 0.15) is 18.9 Å². The topological polar surface area (TPSA) is 67.9 Å². The van der Waals surface area contributed by atoms with Crippen LogP contribution >= 0.6 is 11.6 Å². The summed E-state index contributed by atoms with van der Waals surface area (Å²) in [6.07, 6.45) is 0.152. The Labute approximate surface area is 156 Å².